The number of aliphatic carboxylic acids is 1. The molecule has 1 aliphatic carbocycles. The quantitative estimate of drug-likeness (QED) is 0.0627. The predicted molar refractivity (Wildman–Crippen MR) is 253 cm³/mol. The van der Waals surface area contributed by atoms with Crippen LogP contribution in [-0.4, -0.2) is 141 Å². The molecule has 2 heterocycles. The number of carbonyl (C=O) groups excluding carboxylic acids is 4. The number of aliphatic hydroxyl groups excluding tert-OH is 2. The number of phenols is 1. The summed E-state index contributed by atoms with van der Waals surface area (Å²) < 4.78 is 19.0. The molecule has 3 aromatic carbocycles. The van der Waals surface area contributed by atoms with Crippen molar-refractivity contribution in [2.45, 2.75) is 94.3 Å². The van der Waals surface area contributed by atoms with Crippen molar-refractivity contribution >= 4 is 29.6 Å². The second-order valence-electron chi connectivity index (χ2n) is 17.3. The van der Waals surface area contributed by atoms with E-state index in [1.807, 2.05) is 0 Å². The van der Waals surface area contributed by atoms with E-state index in [4.69, 9.17) is 31.4 Å². The Balaban J connectivity index is 1.37. The van der Waals surface area contributed by atoms with Crippen molar-refractivity contribution in [3.8, 4) is 39.8 Å². The minimum Gasteiger partial charge on any atom is -0.504 e. The molecule has 1 saturated carbocycles. The van der Waals surface area contributed by atoms with Gasteiger partial charge in [0.25, 0.3) is 11.5 Å². The topological polar surface area (TPSA) is 346 Å². The molecule has 376 valence electrons. The van der Waals surface area contributed by atoms with Gasteiger partial charge in [-0.3, -0.25) is 24.0 Å². The first kappa shape index (κ1) is 52.3. The second-order valence-corrected chi connectivity index (χ2v) is 17.3. The van der Waals surface area contributed by atoms with Gasteiger partial charge in [-0.05, 0) is 105 Å². The molecule has 4 bridgehead atoms. The lowest BCUT2D eigenvalue weighted by molar-refractivity contribution is -0.143. The third kappa shape index (κ3) is 12.9. The highest BCUT2D eigenvalue weighted by Gasteiger charge is 2.37. The van der Waals surface area contributed by atoms with Gasteiger partial charge in [0.15, 0.2) is 11.5 Å². The zero-order valence-corrected chi connectivity index (χ0v) is 38.9. The second kappa shape index (κ2) is 23.9. The highest BCUT2D eigenvalue weighted by molar-refractivity contribution is 5.99. The molecular formula is C48H61N9O13. The molecule has 0 saturated heterocycles. The third-order valence-electron chi connectivity index (χ3n) is 12.0. The number of benzene rings is 3. The lowest BCUT2D eigenvalue weighted by Crippen LogP contribution is -2.55. The standard InChI is InChI=1S/C48H61N9O13/c1-26-44(62)55-38(48(66)67)17-27-8-13-39(68-24-31(58)21-50)35(16-27)36-18-28(19-40(43(36)61)69-25-32(59)22-51)42(46(64)53-26)56(2)47(65)37(14-15-49)54-45(63)29-20-41(60)57(52-23-29)30-9-11-34(12-10-30)70-33-6-4-3-5-7-33/h8-13,16,18-20,23,26,31-33,37-38,42,58-59,61H,3-7,14-15,17,21-22,24-25,49-51H2,1-2H3,(H,53,64)(H,54,63)(H,55,62)(H,66,67)/t26-,31+,32+,37-,38-,42-/m0/s1. The summed E-state index contributed by atoms with van der Waals surface area (Å²) in [4.78, 5) is 83.4. The monoisotopic (exact) mass is 971 g/mol. The molecular weight excluding hydrogens is 911 g/mol. The molecule has 4 aromatic rings. The number of fused-ring (bicyclic) bond motifs is 5. The van der Waals surface area contributed by atoms with Gasteiger partial charge >= 0.3 is 5.97 Å². The van der Waals surface area contributed by atoms with Gasteiger partial charge in [-0.25, -0.2) is 4.79 Å². The number of nitrogens with zero attached hydrogens (tertiary/aromatic N) is 3. The van der Waals surface area contributed by atoms with Crippen molar-refractivity contribution in [2.24, 2.45) is 17.2 Å². The lowest BCUT2D eigenvalue weighted by Gasteiger charge is -2.32. The maximum absolute atomic E-state index is 14.7. The number of carbonyl (C=O) groups is 5. The zero-order valence-electron chi connectivity index (χ0n) is 38.9. The number of rotatable bonds is 18. The Morgan fingerprint density at radius 1 is 0.871 bits per heavy atom. The number of amides is 4. The normalized spacial score (nSPS) is 18.8. The number of carboxylic acids is 1. The lowest BCUT2D eigenvalue weighted by atomic mass is 9.93. The van der Waals surface area contributed by atoms with E-state index in [0.717, 1.165) is 47.5 Å². The fraction of sp³-hybridized carbons (Fsp3) is 0.438. The Bertz CT molecular complexity index is 2570. The van der Waals surface area contributed by atoms with Crippen LogP contribution in [0.1, 0.15) is 73.0 Å². The molecule has 22 nitrogen and oxygen atoms in total. The van der Waals surface area contributed by atoms with E-state index >= 15 is 0 Å². The minimum absolute atomic E-state index is 0.0240. The van der Waals surface area contributed by atoms with Crippen LogP contribution in [0, 0.1) is 0 Å². The molecule has 1 aliphatic heterocycles. The van der Waals surface area contributed by atoms with E-state index < -0.39 is 83.9 Å². The number of likely N-dealkylation sites (N-methyl/N-ethyl adjacent to an activating group) is 1. The summed E-state index contributed by atoms with van der Waals surface area (Å²) in [5.74, 6) is -5.09. The molecule has 6 rings (SSSR count). The summed E-state index contributed by atoms with van der Waals surface area (Å²) in [6, 6.07) is 8.93. The number of hydrogen-bond acceptors (Lipinski definition) is 16. The van der Waals surface area contributed by atoms with Crippen molar-refractivity contribution in [1.82, 2.24) is 30.6 Å². The third-order valence-corrected chi connectivity index (χ3v) is 12.0. The van der Waals surface area contributed by atoms with E-state index in [1.54, 1.807) is 24.3 Å². The Morgan fingerprint density at radius 2 is 1.54 bits per heavy atom. The number of hydrogen-bond donors (Lipinski definition) is 10. The van der Waals surface area contributed by atoms with Gasteiger partial charge < -0.3 is 72.7 Å². The number of nitrogens with one attached hydrogen (secondary N) is 3. The van der Waals surface area contributed by atoms with Crippen molar-refractivity contribution in [2.75, 3.05) is 39.9 Å². The first-order valence-corrected chi connectivity index (χ1v) is 23.0. The summed E-state index contributed by atoms with van der Waals surface area (Å²) in [5.41, 5.74) is 17.2. The number of aromatic hydroxyl groups is 1. The van der Waals surface area contributed by atoms with Crippen LogP contribution in [0.4, 0.5) is 0 Å². The Morgan fingerprint density at radius 3 is 2.17 bits per heavy atom. The molecule has 1 aromatic heterocycles. The van der Waals surface area contributed by atoms with Gasteiger partial charge in [-0.15, -0.1) is 0 Å². The van der Waals surface area contributed by atoms with E-state index in [9.17, 15) is 49.2 Å². The molecule has 22 heteroatoms. The number of aliphatic hydroxyl groups is 2. The van der Waals surface area contributed by atoms with Gasteiger partial charge in [-0.2, -0.15) is 9.78 Å². The maximum atomic E-state index is 14.7. The van der Waals surface area contributed by atoms with Crippen LogP contribution in [-0.2, 0) is 25.6 Å². The summed E-state index contributed by atoms with van der Waals surface area (Å²) in [7, 11) is 1.25. The number of ether oxygens (including phenoxy) is 3. The van der Waals surface area contributed by atoms with Crippen molar-refractivity contribution in [1.29, 1.82) is 0 Å². The maximum Gasteiger partial charge on any atom is 0.326 e. The van der Waals surface area contributed by atoms with Gasteiger partial charge in [0, 0.05) is 43.8 Å². The highest BCUT2D eigenvalue weighted by atomic mass is 16.5. The van der Waals surface area contributed by atoms with Crippen LogP contribution in [0.25, 0.3) is 16.8 Å². The average Bonchev–Trinajstić information content (AvgIpc) is 3.35. The number of carboxylic acid groups (broad SMARTS) is 1. The zero-order chi connectivity index (χ0) is 50.6. The number of phenolic OH excluding ortho intramolecular Hbond substituents is 1. The van der Waals surface area contributed by atoms with Crippen LogP contribution in [0.3, 0.4) is 0 Å². The van der Waals surface area contributed by atoms with E-state index in [1.165, 1.54) is 50.7 Å². The molecule has 6 atom stereocenters. The molecule has 0 radical (unpaired) electrons. The largest absolute Gasteiger partial charge is 0.504 e. The van der Waals surface area contributed by atoms with Crippen LogP contribution < -0.4 is 52.9 Å². The predicted octanol–water partition coefficient (Wildman–Crippen LogP) is -0.00950. The fourth-order valence-corrected chi connectivity index (χ4v) is 8.10. The molecule has 70 heavy (non-hydrogen) atoms. The first-order valence-electron chi connectivity index (χ1n) is 23.0. The molecule has 0 unspecified atom stereocenters. The summed E-state index contributed by atoms with van der Waals surface area (Å²) in [5, 5.41) is 54.4. The molecule has 13 N–H and O–H groups in total. The minimum atomic E-state index is -1.70. The van der Waals surface area contributed by atoms with Crippen molar-refractivity contribution < 1.29 is 58.6 Å². The smallest absolute Gasteiger partial charge is 0.326 e. The molecule has 2 aliphatic rings. The highest BCUT2D eigenvalue weighted by Crippen LogP contribution is 2.45. The van der Waals surface area contributed by atoms with Crippen molar-refractivity contribution in [3.05, 3.63) is 93.9 Å². The Labute approximate surface area is 403 Å². The SMILES string of the molecule is C[C@@H]1NC(=O)[C@@H](N(C)C(=O)[C@H](CCN)NC(=O)c2cnn(-c3ccc(OC4CCCCC4)cc3)c(=O)c2)c2cc(OC[C@H](O)CN)c(O)c(c2)-c2cc(ccc2OC[C@H](O)CN)C[C@@H](C(=O)O)NC1=O. The van der Waals surface area contributed by atoms with Crippen LogP contribution in [0.5, 0.6) is 23.0 Å². The van der Waals surface area contributed by atoms with Crippen LogP contribution in [0.2, 0.25) is 0 Å². The first-order chi connectivity index (χ1) is 33.5. The Hall–Kier alpha value is -7.11. The summed E-state index contributed by atoms with van der Waals surface area (Å²) >= 11 is 0. The summed E-state index contributed by atoms with van der Waals surface area (Å²) in [6.07, 6.45) is 3.89. The molecule has 0 spiro atoms. The fourth-order valence-electron chi connectivity index (χ4n) is 8.10. The van der Waals surface area contributed by atoms with Crippen LogP contribution >= 0.6 is 0 Å². The number of nitrogens with two attached hydrogens (primary N) is 3. The van der Waals surface area contributed by atoms with Gasteiger partial charge in [-0.1, -0.05) is 12.5 Å². The van der Waals surface area contributed by atoms with Crippen molar-refractivity contribution in [3.63, 3.8) is 0 Å². The molecule has 1 fully saturated rings. The number of aromatic nitrogens is 2. The van der Waals surface area contributed by atoms with Gasteiger partial charge in [0.1, 0.15) is 61.1 Å². The van der Waals surface area contributed by atoms with Crippen LogP contribution in [0.15, 0.2) is 71.7 Å². The van der Waals surface area contributed by atoms with E-state index in [-0.39, 0.29) is 78.9 Å². The summed E-state index contributed by atoms with van der Waals surface area (Å²) in [6.45, 7) is 0.0429. The van der Waals surface area contributed by atoms with Gasteiger partial charge in [0.05, 0.1) is 23.6 Å². The molecule has 4 amide bonds. The average molecular weight is 972 g/mol. The Kier molecular flexibility index (Phi) is 17.9. The van der Waals surface area contributed by atoms with E-state index in [0.29, 0.717) is 17.0 Å². The van der Waals surface area contributed by atoms with Gasteiger partial charge in [0.2, 0.25) is 17.7 Å². The van der Waals surface area contributed by atoms with E-state index in [2.05, 4.69) is 21.0 Å².